The molecule has 2 rings (SSSR count). The summed E-state index contributed by atoms with van der Waals surface area (Å²) in [6.45, 7) is 3.13. The van der Waals surface area contributed by atoms with Crippen LogP contribution in [0, 0.1) is 19.7 Å². The van der Waals surface area contributed by atoms with E-state index in [1.807, 2.05) is 19.1 Å². The Morgan fingerprint density at radius 3 is 2.38 bits per heavy atom. The standard InChI is InChI=1S/C17H19FN2O3S/c1-12-4-8-15(9-5-12)19-17(21)11-20(3)24(22,23)16-10-14(18)7-6-13(16)2/h4-10H,11H2,1-3H3,(H,19,21). The van der Waals surface area contributed by atoms with Gasteiger partial charge in [-0.1, -0.05) is 23.8 Å². The molecule has 128 valence electrons. The molecule has 24 heavy (non-hydrogen) atoms. The summed E-state index contributed by atoms with van der Waals surface area (Å²) in [5.41, 5.74) is 2.05. The molecule has 0 unspecified atom stereocenters. The molecular formula is C17H19FN2O3S. The van der Waals surface area contributed by atoms with Crippen molar-refractivity contribution in [1.29, 1.82) is 0 Å². The highest BCUT2D eigenvalue weighted by Crippen LogP contribution is 2.20. The van der Waals surface area contributed by atoms with E-state index < -0.39 is 21.7 Å². The Morgan fingerprint density at radius 2 is 1.75 bits per heavy atom. The first-order valence-electron chi connectivity index (χ1n) is 7.29. The fourth-order valence-electron chi connectivity index (χ4n) is 2.14. The average molecular weight is 350 g/mol. The summed E-state index contributed by atoms with van der Waals surface area (Å²) in [6, 6.07) is 10.7. The van der Waals surface area contributed by atoms with Crippen molar-refractivity contribution in [3.63, 3.8) is 0 Å². The molecule has 0 aliphatic heterocycles. The molecule has 0 aromatic heterocycles. The molecule has 0 atom stereocenters. The number of amides is 1. The van der Waals surface area contributed by atoms with Crippen LogP contribution in [0.25, 0.3) is 0 Å². The van der Waals surface area contributed by atoms with Crippen LogP contribution in [0.5, 0.6) is 0 Å². The van der Waals surface area contributed by atoms with Gasteiger partial charge in [-0.05, 0) is 43.7 Å². The maximum Gasteiger partial charge on any atom is 0.243 e. The van der Waals surface area contributed by atoms with Crippen LogP contribution in [0.2, 0.25) is 0 Å². The first-order valence-corrected chi connectivity index (χ1v) is 8.73. The monoisotopic (exact) mass is 350 g/mol. The summed E-state index contributed by atoms with van der Waals surface area (Å²) in [5.74, 6) is -1.12. The molecule has 0 heterocycles. The maximum absolute atomic E-state index is 13.4. The highest BCUT2D eigenvalue weighted by Gasteiger charge is 2.25. The Balaban J connectivity index is 2.12. The zero-order valence-electron chi connectivity index (χ0n) is 13.7. The molecule has 0 aliphatic carbocycles. The van der Waals surface area contributed by atoms with Gasteiger partial charge in [-0.25, -0.2) is 12.8 Å². The van der Waals surface area contributed by atoms with Crippen molar-refractivity contribution in [3.8, 4) is 0 Å². The third-order valence-corrected chi connectivity index (χ3v) is 5.49. The summed E-state index contributed by atoms with van der Waals surface area (Å²) >= 11 is 0. The predicted molar refractivity (Wildman–Crippen MR) is 90.8 cm³/mol. The number of benzene rings is 2. The molecule has 0 spiro atoms. The van der Waals surface area contributed by atoms with Gasteiger partial charge in [-0.15, -0.1) is 0 Å². The number of hydrogen-bond donors (Lipinski definition) is 1. The highest BCUT2D eigenvalue weighted by molar-refractivity contribution is 7.89. The van der Waals surface area contributed by atoms with Crippen molar-refractivity contribution >= 4 is 21.6 Å². The van der Waals surface area contributed by atoms with Crippen molar-refractivity contribution in [2.45, 2.75) is 18.7 Å². The number of nitrogens with zero attached hydrogens (tertiary/aromatic N) is 1. The molecule has 0 bridgehead atoms. The van der Waals surface area contributed by atoms with Crippen molar-refractivity contribution in [1.82, 2.24) is 4.31 Å². The molecule has 2 aromatic carbocycles. The molecule has 0 radical (unpaired) electrons. The van der Waals surface area contributed by atoms with E-state index in [0.29, 0.717) is 11.3 Å². The highest BCUT2D eigenvalue weighted by atomic mass is 32.2. The Morgan fingerprint density at radius 1 is 1.12 bits per heavy atom. The van der Waals surface area contributed by atoms with E-state index in [2.05, 4.69) is 5.32 Å². The first-order chi connectivity index (χ1) is 11.2. The minimum absolute atomic E-state index is 0.145. The van der Waals surface area contributed by atoms with E-state index in [4.69, 9.17) is 0 Å². The van der Waals surface area contributed by atoms with Crippen LogP contribution in [0.3, 0.4) is 0 Å². The molecule has 0 saturated carbocycles. The van der Waals surface area contributed by atoms with Crippen LogP contribution in [0.15, 0.2) is 47.4 Å². The van der Waals surface area contributed by atoms with E-state index in [1.54, 1.807) is 19.1 Å². The van der Waals surface area contributed by atoms with E-state index in [0.717, 1.165) is 15.9 Å². The number of likely N-dealkylation sites (N-methyl/N-ethyl adjacent to an activating group) is 1. The van der Waals surface area contributed by atoms with Gasteiger partial charge in [0.05, 0.1) is 11.4 Å². The number of sulfonamides is 1. The normalized spacial score (nSPS) is 11.5. The number of hydrogen-bond acceptors (Lipinski definition) is 3. The van der Waals surface area contributed by atoms with Gasteiger partial charge in [0.2, 0.25) is 15.9 Å². The Hall–Kier alpha value is -2.25. The minimum Gasteiger partial charge on any atom is -0.325 e. The van der Waals surface area contributed by atoms with Gasteiger partial charge in [-0.3, -0.25) is 4.79 Å². The van der Waals surface area contributed by atoms with Crippen LogP contribution in [-0.2, 0) is 14.8 Å². The number of rotatable bonds is 5. The summed E-state index contributed by atoms with van der Waals surface area (Å²) in [7, 11) is -2.67. The Kier molecular flexibility index (Phi) is 5.36. The van der Waals surface area contributed by atoms with Crippen LogP contribution in [-0.4, -0.2) is 32.2 Å². The fraction of sp³-hybridized carbons (Fsp3) is 0.235. The van der Waals surface area contributed by atoms with E-state index >= 15 is 0 Å². The number of carbonyl (C=O) groups is 1. The number of halogens is 1. The third kappa shape index (κ3) is 4.18. The van der Waals surface area contributed by atoms with Crippen LogP contribution >= 0.6 is 0 Å². The molecular weight excluding hydrogens is 331 g/mol. The Bertz CT molecular complexity index is 849. The first kappa shape index (κ1) is 18.1. The summed E-state index contributed by atoms with van der Waals surface area (Å²) in [4.78, 5) is 11.9. The predicted octanol–water partition coefficient (Wildman–Crippen LogP) is 2.70. The van der Waals surface area contributed by atoms with Crippen LogP contribution in [0.1, 0.15) is 11.1 Å². The molecule has 7 heteroatoms. The van der Waals surface area contributed by atoms with Crippen LogP contribution in [0.4, 0.5) is 10.1 Å². The topological polar surface area (TPSA) is 66.5 Å². The SMILES string of the molecule is Cc1ccc(NC(=O)CN(C)S(=O)(=O)c2cc(F)ccc2C)cc1. The van der Waals surface area contributed by atoms with Crippen molar-refractivity contribution in [2.75, 3.05) is 18.9 Å². The second kappa shape index (κ2) is 7.11. The lowest BCUT2D eigenvalue weighted by atomic mass is 10.2. The number of aryl methyl sites for hydroxylation is 2. The second-order valence-electron chi connectivity index (χ2n) is 5.59. The number of carbonyl (C=O) groups excluding carboxylic acids is 1. The Labute approximate surface area is 141 Å². The molecule has 0 aliphatic rings. The summed E-state index contributed by atoms with van der Waals surface area (Å²) in [6.07, 6.45) is 0. The zero-order chi connectivity index (χ0) is 17.9. The van der Waals surface area contributed by atoms with Gasteiger partial charge in [0.15, 0.2) is 0 Å². The molecule has 5 nitrogen and oxygen atoms in total. The largest absolute Gasteiger partial charge is 0.325 e. The van der Waals surface area contributed by atoms with E-state index in [9.17, 15) is 17.6 Å². The fourth-order valence-corrected chi connectivity index (χ4v) is 3.50. The summed E-state index contributed by atoms with van der Waals surface area (Å²) < 4.78 is 39.3. The second-order valence-corrected chi connectivity index (χ2v) is 7.60. The van der Waals surface area contributed by atoms with E-state index in [-0.39, 0.29) is 11.4 Å². The molecule has 0 saturated heterocycles. The molecule has 1 amide bonds. The zero-order valence-corrected chi connectivity index (χ0v) is 14.5. The van der Waals surface area contributed by atoms with Crippen molar-refractivity contribution in [3.05, 3.63) is 59.4 Å². The maximum atomic E-state index is 13.4. The van der Waals surface area contributed by atoms with Gasteiger partial charge in [0.25, 0.3) is 0 Å². The summed E-state index contributed by atoms with van der Waals surface area (Å²) in [5, 5.41) is 2.63. The lowest BCUT2D eigenvalue weighted by Crippen LogP contribution is -2.35. The van der Waals surface area contributed by atoms with Crippen LogP contribution < -0.4 is 5.32 Å². The van der Waals surface area contributed by atoms with Gasteiger partial charge >= 0.3 is 0 Å². The minimum atomic E-state index is -3.95. The number of anilines is 1. The van der Waals surface area contributed by atoms with Gasteiger partial charge in [0, 0.05) is 12.7 Å². The molecule has 0 fully saturated rings. The van der Waals surface area contributed by atoms with Crippen molar-refractivity contribution in [2.24, 2.45) is 0 Å². The van der Waals surface area contributed by atoms with E-state index in [1.165, 1.54) is 19.2 Å². The van der Waals surface area contributed by atoms with Gasteiger partial charge in [-0.2, -0.15) is 4.31 Å². The third-order valence-electron chi connectivity index (χ3n) is 3.54. The quantitative estimate of drug-likeness (QED) is 0.902. The molecule has 2 aromatic rings. The molecule has 1 N–H and O–H groups in total. The smallest absolute Gasteiger partial charge is 0.243 e. The van der Waals surface area contributed by atoms with Gasteiger partial charge in [0.1, 0.15) is 5.82 Å². The average Bonchev–Trinajstić information content (AvgIpc) is 2.51. The van der Waals surface area contributed by atoms with Gasteiger partial charge < -0.3 is 5.32 Å². The lowest BCUT2D eigenvalue weighted by molar-refractivity contribution is -0.116. The number of nitrogens with one attached hydrogen (secondary N) is 1. The van der Waals surface area contributed by atoms with Crippen molar-refractivity contribution < 1.29 is 17.6 Å². The lowest BCUT2D eigenvalue weighted by Gasteiger charge is -2.18.